The normalized spacial score (nSPS) is 10.4. The molecule has 0 unspecified atom stereocenters. The highest BCUT2D eigenvalue weighted by molar-refractivity contribution is 5.75. The fraction of sp³-hybridized carbons (Fsp3) is 0.533. The van der Waals surface area contributed by atoms with E-state index in [4.69, 9.17) is 4.74 Å². The lowest BCUT2D eigenvalue weighted by atomic mass is 10.1. The second-order valence-corrected chi connectivity index (χ2v) is 4.71. The Kier molecular flexibility index (Phi) is 5.20. The van der Waals surface area contributed by atoms with E-state index in [0.717, 1.165) is 18.6 Å². The Morgan fingerprint density at radius 3 is 2.53 bits per heavy atom. The third-order valence-corrected chi connectivity index (χ3v) is 2.94. The molecule has 0 N–H and O–H groups in total. The summed E-state index contributed by atoms with van der Waals surface area (Å²) in [4.78, 5) is 10.8. The number of ether oxygens (including phenoxy) is 1. The van der Waals surface area contributed by atoms with Gasteiger partial charge in [0.1, 0.15) is 11.5 Å². The van der Waals surface area contributed by atoms with Gasteiger partial charge < -0.3 is 9.53 Å². The number of aryl methyl sites for hydroxylation is 2. The van der Waals surface area contributed by atoms with Crippen molar-refractivity contribution in [2.75, 3.05) is 6.61 Å². The number of Topliss-reactive ketones (excluding diaryl/α,β-unsaturated/α-hetero) is 1. The van der Waals surface area contributed by atoms with E-state index in [1.54, 1.807) is 6.92 Å². The minimum Gasteiger partial charge on any atom is -0.493 e. The van der Waals surface area contributed by atoms with Gasteiger partial charge in [0.05, 0.1) is 6.61 Å². The molecule has 0 radical (unpaired) electrons. The summed E-state index contributed by atoms with van der Waals surface area (Å²) in [6, 6.07) is 4.24. The molecule has 0 aromatic heterocycles. The molecule has 0 saturated carbocycles. The van der Waals surface area contributed by atoms with Crippen LogP contribution >= 0.6 is 0 Å². The average molecular weight is 234 g/mol. The maximum atomic E-state index is 10.8. The molecule has 17 heavy (non-hydrogen) atoms. The van der Waals surface area contributed by atoms with Crippen LogP contribution in [-0.4, -0.2) is 12.4 Å². The van der Waals surface area contributed by atoms with Crippen LogP contribution in [0, 0.1) is 20.8 Å². The van der Waals surface area contributed by atoms with Crippen molar-refractivity contribution in [1.29, 1.82) is 0 Å². The summed E-state index contributed by atoms with van der Waals surface area (Å²) < 4.78 is 5.77. The van der Waals surface area contributed by atoms with Crippen molar-refractivity contribution < 1.29 is 9.53 Å². The van der Waals surface area contributed by atoms with Gasteiger partial charge in [0.15, 0.2) is 0 Å². The van der Waals surface area contributed by atoms with E-state index in [1.807, 2.05) is 0 Å². The summed E-state index contributed by atoms with van der Waals surface area (Å²) in [7, 11) is 0. The Morgan fingerprint density at radius 2 is 1.88 bits per heavy atom. The highest BCUT2D eigenvalue weighted by Gasteiger charge is 2.03. The highest BCUT2D eigenvalue weighted by Crippen LogP contribution is 2.23. The zero-order valence-electron chi connectivity index (χ0n) is 11.3. The number of ketones is 1. The molecular weight excluding hydrogens is 212 g/mol. The zero-order valence-corrected chi connectivity index (χ0v) is 11.3. The van der Waals surface area contributed by atoms with E-state index in [-0.39, 0.29) is 5.78 Å². The predicted octanol–water partition coefficient (Wildman–Crippen LogP) is 3.75. The minimum absolute atomic E-state index is 0.257. The molecule has 0 aliphatic carbocycles. The van der Waals surface area contributed by atoms with Crippen LogP contribution in [0.1, 0.15) is 42.9 Å². The largest absolute Gasteiger partial charge is 0.493 e. The van der Waals surface area contributed by atoms with Crippen molar-refractivity contribution in [2.24, 2.45) is 0 Å². The third-order valence-electron chi connectivity index (χ3n) is 2.94. The van der Waals surface area contributed by atoms with Crippen LogP contribution in [0.5, 0.6) is 5.75 Å². The average Bonchev–Trinajstić information content (AvgIpc) is 2.23. The van der Waals surface area contributed by atoms with Crippen molar-refractivity contribution in [3.05, 3.63) is 28.8 Å². The van der Waals surface area contributed by atoms with E-state index < -0.39 is 0 Å². The van der Waals surface area contributed by atoms with Crippen molar-refractivity contribution in [1.82, 2.24) is 0 Å². The zero-order chi connectivity index (χ0) is 12.8. The number of hydrogen-bond donors (Lipinski definition) is 0. The van der Waals surface area contributed by atoms with E-state index >= 15 is 0 Å². The quantitative estimate of drug-likeness (QED) is 0.701. The van der Waals surface area contributed by atoms with E-state index in [1.165, 1.54) is 16.7 Å². The first kappa shape index (κ1) is 13.8. The van der Waals surface area contributed by atoms with Gasteiger partial charge in [-0.15, -0.1) is 0 Å². The van der Waals surface area contributed by atoms with E-state index in [9.17, 15) is 4.79 Å². The van der Waals surface area contributed by atoms with Crippen LogP contribution in [0.15, 0.2) is 12.1 Å². The van der Waals surface area contributed by atoms with Gasteiger partial charge in [0.25, 0.3) is 0 Å². The van der Waals surface area contributed by atoms with Gasteiger partial charge in [0.2, 0.25) is 0 Å². The molecular formula is C15H22O2. The molecule has 94 valence electrons. The predicted molar refractivity (Wildman–Crippen MR) is 70.7 cm³/mol. The molecule has 0 fully saturated rings. The summed E-state index contributed by atoms with van der Waals surface area (Å²) in [5.41, 5.74) is 3.71. The van der Waals surface area contributed by atoms with Crippen molar-refractivity contribution in [3.63, 3.8) is 0 Å². The molecule has 0 heterocycles. The SMILES string of the molecule is CC(=O)CCCCOc1cc(C)cc(C)c1C. The molecule has 0 saturated heterocycles. The van der Waals surface area contributed by atoms with Crippen molar-refractivity contribution in [2.45, 2.75) is 47.0 Å². The molecule has 0 aliphatic heterocycles. The van der Waals surface area contributed by atoms with Gasteiger partial charge >= 0.3 is 0 Å². The first-order chi connectivity index (χ1) is 8.00. The number of hydrogen-bond acceptors (Lipinski definition) is 2. The molecule has 0 spiro atoms. The lowest BCUT2D eigenvalue weighted by Gasteiger charge is -2.12. The maximum Gasteiger partial charge on any atom is 0.129 e. The fourth-order valence-electron chi connectivity index (χ4n) is 1.81. The van der Waals surface area contributed by atoms with Gasteiger partial charge in [-0.3, -0.25) is 0 Å². The van der Waals surface area contributed by atoms with Crippen LogP contribution in [-0.2, 0) is 4.79 Å². The summed E-state index contributed by atoms with van der Waals surface area (Å²) in [5.74, 6) is 1.23. The first-order valence-electron chi connectivity index (χ1n) is 6.21. The second-order valence-electron chi connectivity index (χ2n) is 4.71. The fourth-order valence-corrected chi connectivity index (χ4v) is 1.81. The molecule has 1 aromatic rings. The topological polar surface area (TPSA) is 26.3 Å². The first-order valence-corrected chi connectivity index (χ1v) is 6.21. The number of rotatable bonds is 6. The smallest absolute Gasteiger partial charge is 0.129 e. The molecule has 2 heteroatoms. The molecule has 0 atom stereocenters. The monoisotopic (exact) mass is 234 g/mol. The summed E-state index contributed by atoms with van der Waals surface area (Å²) in [5, 5.41) is 0. The van der Waals surface area contributed by atoms with Crippen LogP contribution < -0.4 is 4.74 Å². The number of carbonyl (C=O) groups is 1. The van der Waals surface area contributed by atoms with Crippen LogP contribution in [0.3, 0.4) is 0 Å². The van der Waals surface area contributed by atoms with E-state index in [0.29, 0.717) is 13.0 Å². The van der Waals surface area contributed by atoms with Crippen LogP contribution in [0.4, 0.5) is 0 Å². The Morgan fingerprint density at radius 1 is 1.18 bits per heavy atom. The molecule has 0 bridgehead atoms. The molecule has 1 rings (SSSR count). The molecule has 1 aromatic carbocycles. The lowest BCUT2D eigenvalue weighted by molar-refractivity contribution is -0.117. The molecule has 0 aliphatic rings. The molecule has 0 amide bonds. The van der Waals surface area contributed by atoms with Gasteiger partial charge in [-0.25, -0.2) is 0 Å². The van der Waals surface area contributed by atoms with Gasteiger partial charge in [-0.2, -0.15) is 0 Å². The highest BCUT2D eigenvalue weighted by atomic mass is 16.5. The lowest BCUT2D eigenvalue weighted by Crippen LogP contribution is -2.01. The number of carbonyl (C=O) groups excluding carboxylic acids is 1. The van der Waals surface area contributed by atoms with Gasteiger partial charge in [-0.05, 0) is 63.3 Å². The third kappa shape index (κ3) is 4.59. The number of unbranched alkanes of at least 4 members (excludes halogenated alkanes) is 1. The Labute approximate surface area is 104 Å². The van der Waals surface area contributed by atoms with Crippen LogP contribution in [0.2, 0.25) is 0 Å². The van der Waals surface area contributed by atoms with E-state index in [2.05, 4.69) is 32.9 Å². The van der Waals surface area contributed by atoms with Crippen molar-refractivity contribution in [3.8, 4) is 5.75 Å². The Bertz CT molecular complexity index is 394. The van der Waals surface area contributed by atoms with Gasteiger partial charge in [-0.1, -0.05) is 6.07 Å². The summed E-state index contributed by atoms with van der Waals surface area (Å²) >= 11 is 0. The Hall–Kier alpha value is -1.31. The summed E-state index contributed by atoms with van der Waals surface area (Å²) in [6.45, 7) is 8.59. The van der Waals surface area contributed by atoms with Crippen LogP contribution in [0.25, 0.3) is 0 Å². The molecule has 2 nitrogen and oxygen atoms in total. The van der Waals surface area contributed by atoms with Gasteiger partial charge in [0, 0.05) is 6.42 Å². The minimum atomic E-state index is 0.257. The standard InChI is InChI=1S/C15H22O2/c1-11-9-12(2)14(4)15(10-11)17-8-6-5-7-13(3)16/h9-10H,5-8H2,1-4H3. The maximum absolute atomic E-state index is 10.8. The number of benzene rings is 1. The summed E-state index contributed by atoms with van der Waals surface area (Å²) in [6.07, 6.45) is 2.51. The van der Waals surface area contributed by atoms with Crippen molar-refractivity contribution >= 4 is 5.78 Å². The Balaban J connectivity index is 2.44. The second kappa shape index (κ2) is 6.43.